The molecule has 9 heteroatoms. The predicted molar refractivity (Wildman–Crippen MR) is 94.8 cm³/mol. The summed E-state index contributed by atoms with van der Waals surface area (Å²) in [6, 6.07) is 3.23. The summed E-state index contributed by atoms with van der Waals surface area (Å²) in [7, 11) is 0. The molecule has 3 aliphatic heterocycles. The predicted octanol–water partition coefficient (Wildman–Crippen LogP) is -0.805. The number of unbranched alkanes of at least 4 members (excludes halogenated alkanes) is 1. The number of carbonyl (C=O) groups is 4. The molecule has 0 radical (unpaired) electrons. The number of nitrogens with one attached hydrogen (secondary N) is 1. The van der Waals surface area contributed by atoms with Crippen molar-refractivity contribution in [1.29, 1.82) is 0 Å². The van der Waals surface area contributed by atoms with Crippen LogP contribution in [0.5, 0.6) is 0 Å². The summed E-state index contributed by atoms with van der Waals surface area (Å²) < 4.78 is 14.0. The third kappa shape index (κ3) is 2.39. The van der Waals surface area contributed by atoms with Crippen molar-refractivity contribution in [2.75, 3.05) is 11.9 Å². The van der Waals surface area contributed by atoms with E-state index in [-0.39, 0.29) is 18.9 Å². The van der Waals surface area contributed by atoms with Crippen molar-refractivity contribution in [3.05, 3.63) is 29.6 Å². The number of fused-ring (bicyclic) bond motifs is 4. The number of amides is 4. The van der Waals surface area contributed by atoms with Gasteiger partial charge in [0.1, 0.15) is 23.7 Å². The van der Waals surface area contributed by atoms with Crippen LogP contribution in [0.15, 0.2) is 18.2 Å². The first kappa shape index (κ1) is 18.5. The zero-order chi connectivity index (χ0) is 20.2. The van der Waals surface area contributed by atoms with E-state index in [9.17, 15) is 23.6 Å². The Hall–Kier alpha value is -2.81. The maximum Gasteiger partial charge on any atom is 0.291 e. The maximum absolute atomic E-state index is 14.0. The van der Waals surface area contributed by atoms with Crippen LogP contribution in [0.4, 0.5) is 10.1 Å². The van der Waals surface area contributed by atoms with Gasteiger partial charge in [0.05, 0.1) is 12.1 Å². The zero-order valence-electron chi connectivity index (χ0n) is 15.4. The number of nitrogens with zero attached hydrogens (tertiary/aromatic N) is 1. The Morgan fingerprint density at radius 3 is 2.75 bits per heavy atom. The van der Waals surface area contributed by atoms with Crippen molar-refractivity contribution in [3.8, 4) is 0 Å². The van der Waals surface area contributed by atoms with Crippen molar-refractivity contribution in [2.45, 2.75) is 37.8 Å². The van der Waals surface area contributed by atoms with Crippen molar-refractivity contribution < 1.29 is 28.9 Å². The fourth-order valence-electron chi connectivity index (χ4n) is 4.95. The summed E-state index contributed by atoms with van der Waals surface area (Å²) in [5.41, 5.74) is 4.63. The van der Waals surface area contributed by atoms with E-state index in [1.54, 1.807) is 5.32 Å². The Kier molecular flexibility index (Phi) is 4.22. The second kappa shape index (κ2) is 6.37. The van der Waals surface area contributed by atoms with Gasteiger partial charge in [-0.1, -0.05) is 13.3 Å². The van der Waals surface area contributed by atoms with Crippen molar-refractivity contribution in [1.82, 2.24) is 4.90 Å². The number of hydrogen-bond acceptors (Lipinski definition) is 4. The fraction of sp³-hybridized carbons (Fsp3) is 0.474. The lowest BCUT2D eigenvalue weighted by Crippen LogP contribution is -2.99. The van der Waals surface area contributed by atoms with Gasteiger partial charge >= 0.3 is 0 Å². The van der Waals surface area contributed by atoms with E-state index >= 15 is 0 Å². The van der Waals surface area contributed by atoms with Crippen LogP contribution in [-0.4, -0.2) is 41.1 Å². The van der Waals surface area contributed by atoms with E-state index < -0.39 is 47.0 Å². The fourth-order valence-corrected chi connectivity index (χ4v) is 4.95. The Morgan fingerprint density at radius 2 is 2.07 bits per heavy atom. The van der Waals surface area contributed by atoms with Crippen LogP contribution in [0.25, 0.3) is 0 Å². The van der Waals surface area contributed by atoms with Crippen LogP contribution in [-0.2, 0) is 24.7 Å². The second-order valence-electron chi connectivity index (χ2n) is 7.70. The number of rotatable bonds is 5. The first-order valence-corrected chi connectivity index (χ1v) is 9.42. The first-order valence-electron chi connectivity index (χ1n) is 9.42. The molecule has 0 aromatic heterocycles. The Morgan fingerprint density at radius 1 is 1.32 bits per heavy atom. The van der Waals surface area contributed by atoms with E-state index in [2.05, 4.69) is 5.32 Å². The van der Waals surface area contributed by atoms with Gasteiger partial charge in [0.25, 0.3) is 5.91 Å². The molecule has 2 saturated heterocycles. The number of quaternary nitrogens is 1. The molecule has 5 N–H and O–H groups in total. The summed E-state index contributed by atoms with van der Waals surface area (Å²) in [5.74, 6) is -4.33. The summed E-state index contributed by atoms with van der Waals surface area (Å²) in [5, 5.41) is 4.27. The Labute approximate surface area is 160 Å². The normalized spacial score (nSPS) is 30.7. The maximum atomic E-state index is 14.0. The average molecular weight is 389 g/mol. The van der Waals surface area contributed by atoms with E-state index in [1.807, 2.05) is 6.92 Å². The van der Waals surface area contributed by atoms with E-state index in [0.29, 0.717) is 17.7 Å². The van der Waals surface area contributed by atoms with Crippen molar-refractivity contribution >= 4 is 29.3 Å². The number of benzene rings is 1. The molecule has 4 rings (SSSR count). The van der Waals surface area contributed by atoms with Crippen LogP contribution in [0, 0.1) is 17.7 Å². The molecule has 28 heavy (non-hydrogen) atoms. The lowest BCUT2D eigenvalue weighted by atomic mass is 9.76. The average Bonchev–Trinajstić information content (AvgIpc) is 3.19. The summed E-state index contributed by atoms with van der Waals surface area (Å²) in [4.78, 5) is 52.1. The topological polar surface area (TPSA) is 126 Å². The van der Waals surface area contributed by atoms with Gasteiger partial charge in [0.2, 0.25) is 23.3 Å². The molecule has 1 aromatic carbocycles. The van der Waals surface area contributed by atoms with Crippen LogP contribution in [0.2, 0.25) is 0 Å². The number of anilines is 1. The molecule has 4 amide bonds. The number of nitrogens with two attached hydrogens (primary N) is 2. The smallest absolute Gasteiger partial charge is 0.291 e. The Balaban J connectivity index is 1.85. The molecule has 3 aliphatic rings. The Bertz CT molecular complexity index is 904. The quantitative estimate of drug-likeness (QED) is 0.570. The minimum absolute atomic E-state index is 0.151. The van der Waals surface area contributed by atoms with Crippen LogP contribution in [0.3, 0.4) is 0 Å². The van der Waals surface area contributed by atoms with Crippen LogP contribution < -0.4 is 16.4 Å². The van der Waals surface area contributed by atoms with Gasteiger partial charge in [0.15, 0.2) is 0 Å². The van der Waals surface area contributed by atoms with Crippen LogP contribution >= 0.6 is 0 Å². The van der Waals surface area contributed by atoms with Gasteiger partial charge < -0.3 is 16.4 Å². The highest BCUT2D eigenvalue weighted by atomic mass is 19.1. The molecular formula is C19H22FN4O4+. The van der Waals surface area contributed by atoms with E-state index in [4.69, 9.17) is 5.73 Å². The van der Waals surface area contributed by atoms with Gasteiger partial charge in [-0.3, -0.25) is 24.1 Å². The molecule has 0 saturated carbocycles. The third-order valence-electron chi connectivity index (χ3n) is 6.09. The monoisotopic (exact) mass is 389 g/mol. The standard InChI is InChI=1S/C19H21FN4O4/c1-2-3-6-24-16(26)14-12(8-13(21)25)23-19(15(14)17(24)27)10-7-9(20)4-5-11(10)22-18(19)28/h4-5,7,12,14-15,23H,2-3,6,8H2,1H3,(H2,21,25)(H,22,28)/p+1/t12-,14+,15-,19+/m0/s1. The third-order valence-corrected chi connectivity index (χ3v) is 6.09. The SMILES string of the molecule is CCCCN1C(=O)[C@@H]2[C@H](CC(N)=O)[NH2+][C@@]3(C(=O)Nc4ccc(F)cc43)[C@@H]2C1=O. The van der Waals surface area contributed by atoms with Crippen molar-refractivity contribution in [2.24, 2.45) is 17.6 Å². The molecule has 0 aliphatic carbocycles. The second-order valence-corrected chi connectivity index (χ2v) is 7.70. The van der Waals surface area contributed by atoms with Gasteiger partial charge in [-0.05, 0) is 24.6 Å². The largest absolute Gasteiger partial charge is 0.369 e. The number of halogens is 1. The molecule has 8 nitrogen and oxygen atoms in total. The number of carbonyl (C=O) groups excluding carboxylic acids is 4. The van der Waals surface area contributed by atoms with Gasteiger partial charge in [-0.25, -0.2) is 4.39 Å². The number of primary amides is 1. The molecule has 0 unspecified atom stereocenters. The summed E-state index contributed by atoms with van der Waals surface area (Å²) in [6.45, 7) is 2.21. The molecule has 1 spiro atoms. The minimum Gasteiger partial charge on any atom is -0.369 e. The highest BCUT2D eigenvalue weighted by molar-refractivity contribution is 6.14. The number of hydrogen-bond donors (Lipinski definition) is 3. The molecular weight excluding hydrogens is 367 g/mol. The van der Waals surface area contributed by atoms with Crippen molar-refractivity contribution in [3.63, 3.8) is 0 Å². The zero-order valence-corrected chi connectivity index (χ0v) is 15.4. The lowest BCUT2D eigenvalue weighted by molar-refractivity contribution is -0.732. The molecule has 1 aromatic rings. The molecule has 3 heterocycles. The van der Waals surface area contributed by atoms with Gasteiger partial charge in [0, 0.05) is 12.1 Å². The lowest BCUT2D eigenvalue weighted by Gasteiger charge is -2.26. The van der Waals surface area contributed by atoms with Crippen LogP contribution in [0.1, 0.15) is 31.7 Å². The van der Waals surface area contributed by atoms with Gasteiger partial charge in [-0.15, -0.1) is 0 Å². The minimum atomic E-state index is -1.48. The number of imide groups is 1. The first-order chi connectivity index (χ1) is 13.3. The molecule has 0 bridgehead atoms. The highest BCUT2D eigenvalue weighted by Gasteiger charge is 2.74. The van der Waals surface area contributed by atoms with E-state index in [0.717, 1.165) is 6.42 Å². The molecule has 148 valence electrons. The molecule has 4 atom stereocenters. The highest BCUT2D eigenvalue weighted by Crippen LogP contribution is 2.49. The summed E-state index contributed by atoms with van der Waals surface area (Å²) in [6.07, 6.45) is 1.29. The summed E-state index contributed by atoms with van der Waals surface area (Å²) >= 11 is 0. The van der Waals surface area contributed by atoms with E-state index in [1.165, 1.54) is 23.1 Å². The molecule has 2 fully saturated rings. The number of likely N-dealkylation sites (tertiary alicyclic amines) is 1. The van der Waals surface area contributed by atoms with Gasteiger partial charge in [-0.2, -0.15) is 0 Å².